The summed E-state index contributed by atoms with van der Waals surface area (Å²) in [7, 11) is -2.86. The number of hydrogen-bond donors (Lipinski definition) is 1. The number of nitrogens with zero attached hydrogens (tertiary/aromatic N) is 4. The minimum absolute atomic E-state index is 0.158. The topological polar surface area (TPSA) is 89.4 Å². The minimum Gasteiger partial charge on any atom is -0.375 e. The Morgan fingerprint density at radius 2 is 1.74 bits per heavy atom. The Balaban J connectivity index is 1.79. The van der Waals surface area contributed by atoms with Crippen molar-refractivity contribution in [3.63, 3.8) is 0 Å². The predicted octanol–water partition coefficient (Wildman–Crippen LogP) is 2.60. The summed E-state index contributed by atoms with van der Waals surface area (Å²) in [5, 5.41) is 12.3. The molecule has 1 aromatic heterocycles. The molecular formula is C22H43N5O3S. The van der Waals surface area contributed by atoms with Crippen LogP contribution in [-0.2, 0) is 26.7 Å². The third kappa shape index (κ3) is 8.79. The average molecular weight is 458 g/mol. The predicted molar refractivity (Wildman–Crippen MR) is 125 cm³/mol. The molecule has 1 aliphatic heterocycles. The third-order valence-corrected chi connectivity index (χ3v) is 8.01. The number of ether oxygens (including phenoxy) is 1. The first-order valence-corrected chi connectivity index (χ1v) is 13.3. The highest BCUT2D eigenvalue weighted by Crippen LogP contribution is 2.22. The van der Waals surface area contributed by atoms with Gasteiger partial charge in [0.2, 0.25) is 0 Å². The van der Waals surface area contributed by atoms with Crippen LogP contribution in [-0.4, -0.2) is 77.2 Å². The van der Waals surface area contributed by atoms with E-state index in [-0.39, 0.29) is 28.2 Å². The maximum absolute atomic E-state index is 11.6. The van der Waals surface area contributed by atoms with Gasteiger partial charge in [-0.2, -0.15) is 0 Å². The third-order valence-electron chi connectivity index (χ3n) is 6.40. The molecule has 1 fully saturated rings. The van der Waals surface area contributed by atoms with E-state index in [1.807, 2.05) is 10.9 Å². The standard InChI is InChI=1S/C22H43N5O3S/c1-8-20(2,3)23-11-9-22(6,7)30-14-10-21(4,5)27-18-19(24-25-27)17-26-12-15-31(28,29)16-13-26/h18,23H,8-17H2,1-7H3. The molecule has 2 rings (SSSR count). The molecule has 1 aliphatic rings. The molecular weight excluding hydrogens is 414 g/mol. The van der Waals surface area contributed by atoms with Gasteiger partial charge in [0.15, 0.2) is 9.84 Å². The van der Waals surface area contributed by atoms with Crippen molar-refractivity contribution >= 4 is 9.84 Å². The van der Waals surface area contributed by atoms with Crippen LogP contribution in [0.5, 0.6) is 0 Å². The lowest BCUT2D eigenvalue weighted by molar-refractivity contribution is -0.0344. The largest absolute Gasteiger partial charge is 0.375 e. The van der Waals surface area contributed by atoms with Gasteiger partial charge in [0.1, 0.15) is 0 Å². The van der Waals surface area contributed by atoms with Gasteiger partial charge in [-0.1, -0.05) is 12.1 Å². The van der Waals surface area contributed by atoms with Crippen LogP contribution in [0.4, 0.5) is 0 Å². The van der Waals surface area contributed by atoms with Gasteiger partial charge in [-0.15, -0.1) is 5.10 Å². The molecule has 0 bridgehead atoms. The first-order chi connectivity index (χ1) is 14.2. The molecule has 0 radical (unpaired) electrons. The molecule has 0 aliphatic carbocycles. The highest BCUT2D eigenvalue weighted by molar-refractivity contribution is 7.91. The zero-order valence-electron chi connectivity index (χ0n) is 20.6. The Hall–Kier alpha value is -1.03. The van der Waals surface area contributed by atoms with Crippen molar-refractivity contribution < 1.29 is 13.2 Å². The molecule has 180 valence electrons. The second kappa shape index (κ2) is 10.3. The van der Waals surface area contributed by atoms with E-state index in [1.54, 1.807) is 0 Å². The van der Waals surface area contributed by atoms with Crippen LogP contribution in [0.1, 0.15) is 73.4 Å². The van der Waals surface area contributed by atoms with Crippen molar-refractivity contribution in [2.75, 3.05) is 37.7 Å². The van der Waals surface area contributed by atoms with Crippen molar-refractivity contribution in [1.82, 2.24) is 25.2 Å². The Labute approximate surface area is 189 Å². The van der Waals surface area contributed by atoms with Gasteiger partial charge in [-0.25, -0.2) is 13.1 Å². The number of rotatable bonds is 12. The quantitative estimate of drug-likeness (QED) is 0.516. The SMILES string of the molecule is CCC(C)(C)NCCC(C)(C)OCCC(C)(C)n1cc(CN2CCS(=O)(=O)CC2)nn1. The fourth-order valence-corrected chi connectivity index (χ4v) is 4.67. The molecule has 0 saturated carbocycles. The number of sulfone groups is 1. The molecule has 8 nitrogen and oxygen atoms in total. The van der Waals surface area contributed by atoms with Crippen LogP contribution in [0.3, 0.4) is 0 Å². The monoisotopic (exact) mass is 457 g/mol. The van der Waals surface area contributed by atoms with E-state index < -0.39 is 9.84 Å². The van der Waals surface area contributed by atoms with Crippen LogP contribution in [0.25, 0.3) is 0 Å². The maximum Gasteiger partial charge on any atom is 0.152 e. The average Bonchev–Trinajstić information content (AvgIpc) is 3.12. The number of hydrogen-bond acceptors (Lipinski definition) is 7. The normalized spacial score (nSPS) is 18.4. The van der Waals surface area contributed by atoms with Crippen LogP contribution < -0.4 is 5.32 Å². The van der Waals surface area contributed by atoms with Crippen LogP contribution in [0, 0.1) is 0 Å². The molecule has 0 spiro atoms. The van der Waals surface area contributed by atoms with Crippen molar-refractivity contribution in [1.29, 1.82) is 0 Å². The Morgan fingerprint density at radius 3 is 2.35 bits per heavy atom. The molecule has 1 N–H and O–H groups in total. The lowest BCUT2D eigenvalue weighted by Crippen LogP contribution is -2.42. The van der Waals surface area contributed by atoms with Gasteiger partial charge in [-0.3, -0.25) is 4.90 Å². The summed E-state index contributed by atoms with van der Waals surface area (Å²) in [5.41, 5.74) is 0.633. The van der Waals surface area contributed by atoms with Gasteiger partial charge < -0.3 is 10.1 Å². The molecule has 0 unspecified atom stereocenters. The zero-order valence-corrected chi connectivity index (χ0v) is 21.4. The van der Waals surface area contributed by atoms with Crippen molar-refractivity contribution in [3.05, 3.63) is 11.9 Å². The molecule has 0 atom stereocenters. The lowest BCUT2D eigenvalue weighted by atomic mass is 9.99. The van der Waals surface area contributed by atoms with Crippen molar-refractivity contribution in [2.45, 2.75) is 91.0 Å². The number of aromatic nitrogens is 3. The summed E-state index contributed by atoms with van der Waals surface area (Å²) in [5.74, 6) is 0.455. The van der Waals surface area contributed by atoms with E-state index in [0.717, 1.165) is 31.5 Å². The second-order valence-electron chi connectivity index (χ2n) is 10.7. The van der Waals surface area contributed by atoms with Crippen LogP contribution in [0.2, 0.25) is 0 Å². The summed E-state index contributed by atoms with van der Waals surface area (Å²) >= 11 is 0. The van der Waals surface area contributed by atoms with Gasteiger partial charge in [0.25, 0.3) is 0 Å². The lowest BCUT2D eigenvalue weighted by Gasteiger charge is -2.31. The Morgan fingerprint density at radius 1 is 1.10 bits per heavy atom. The highest BCUT2D eigenvalue weighted by atomic mass is 32.2. The second-order valence-corrected chi connectivity index (χ2v) is 13.0. The van der Waals surface area contributed by atoms with E-state index in [4.69, 9.17) is 4.74 Å². The Bertz CT molecular complexity index is 788. The fraction of sp³-hybridized carbons (Fsp3) is 0.909. The van der Waals surface area contributed by atoms with E-state index in [1.165, 1.54) is 0 Å². The molecule has 1 saturated heterocycles. The van der Waals surface area contributed by atoms with Gasteiger partial charge in [0, 0.05) is 31.8 Å². The molecule has 31 heavy (non-hydrogen) atoms. The fourth-order valence-electron chi connectivity index (χ4n) is 3.39. The summed E-state index contributed by atoms with van der Waals surface area (Å²) in [6, 6.07) is 0. The van der Waals surface area contributed by atoms with E-state index in [0.29, 0.717) is 26.2 Å². The molecule has 9 heteroatoms. The summed E-state index contributed by atoms with van der Waals surface area (Å²) < 4.78 is 31.3. The van der Waals surface area contributed by atoms with Crippen LogP contribution >= 0.6 is 0 Å². The molecule has 0 amide bonds. The van der Waals surface area contributed by atoms with E-state index >= 15 is 0 Å². The van der Waals surface area contributed by atoms with Gasteiger partial charge >= 0.3 is 0 Å². The van der Waals surface area contributed by atoms with E-state index in [2.05, 4.69) is 69.0 Å². The van der Waals surface area contributed by atoms with Gasteiger partial charge in [0.05, 0.1) is 34.5 Å². The smallest absolute Gasteiger partial charge is 0.152 e. The Kier molecular flexibility index (Phi) is 8.69. The van der Waals surface area contributed by atoms with E-state index in [9.17, 15) is 8.42 Å². The minimum atomic E-state index is -2.86. The van der Waals surface area contributed by atoms with Crippen LogP contribution in [0.15, 0.2) is 6.20 Å². The molecule has 2 heterocycles. The number of nitrogens with one attached hydrogen (secondary N) is 1. The highest BCUT2D eigenvalue weighted by Gasteiger charge is 2.27. The molecule has 1 aromatic rings. The summed E-state index contributed by atoms with van der Waals surface area (Å²) in [6.07, 6.45) is 4.86. The van der Waals surface area contributed by atoms with Crippen molar-refractivity contribution in [3.8, 4) is 0 Å². The first-order valence-electron chi connectivity index (χ1n) is 11.5. The van der Waals surface area contributed by atoms with Crippen molar-refractivity contribution in [2.24, 2.45) is 0 Å². The zero-order chi connectivity index (χ0) is 23.3. The maximum atomic E-state index is 11.6. The summed E-state index contributed by atoms with van der Waals surface area (Å²) in [6.45, 7) is 18.6. The first kappa shape index (κ1) is 26.2. The summed E-state index contributed by atoms with van der Waals surface area (Å²) in [4.78, 5) is 2.13. The molecule has 0 aromatic carbocycles. The van der Waals surface area contributed by atoms with Gasteiger partial charge in [-0.05, 0) is 67.3 Å².